The first-order valence-electron chi connectivity index (χ1n) is 21.9. The number of carbonyl (C=O) groups is 2. The molecule has 0 N–H and O–H groups in total. The lowest BCUT2D eigenvalue weighted by molar-refractivity contribution is 0.0599. The zero-order chi connectivity index (χ0) is 45.3. The van der Waals surface area contributed by atoms with Crippen LogP contribution < -0.4 is 0 Å². The Bertz CT molecular complexity index is 3150. The SMILES string of the molecule is COC(=O)c1cc(C(=O)OC)cc(-n2c3ccc(S(c4ccccc4)(c4ccccc4)c4ccccc4)cc3c3cc([SH](C)(c4ccccc4)(c4ccccc4)c4ccccc4)ccc32)c1. The number of methoxy groups -OCH3 is 2. The van der Waals surface area contributed by atoms with Gasteiger partial charge in [0.2, 0.25) is 0 Å². The largest absolute Gasteiger partial charge is 0.465 e. The van der Waals surface area contributed by atoms with Crippen LogP contribution in [0.15, 0.2) is 276 Å². The molecule has 326 valence electrons. The maximum absolute atomic E-state index is 13.3. The highest BCUT2D eigenvalue weighted by Gasteiger charge is 2.44. The van der Waals surface area contributed by atoms with Crippen LogP contribution in [0.25, 0.3) is 27.5 Å². The van der Waals surface area contributed by atoms with Gasteiger partial charge < -0.3 is 14.0 Å². The Morgan fingerprint density at radius 2 is 0.758 bits per heavy atom. The summed E-state index contributed by atoms with van der Waals surface area (Å²) < 4.78 is 12.6. The summed E-state index contributed by atoms with van der Waals surface area (Å²) in [7, 11) is -2.89. The van der Waals surface area contributed by atoms with E-state index in [9.17, 15) is 9.59 Å². The maximum atomic E-state index is 13.3. The topological polar surface area (TPSA) is 57.5 Å². The maximum Gasteiger partial charge on any atom is 0.337 e. The zero-order valence-electron chi connectivity index (χ0n) is 37.0. The third kappa shape index (κ3) is 6.57. The standard InChI is InChI=1S/C59H49NO4S2/c1-63-58(61)43-38-44(59(62)64-2)40-45(39-43)60-56-36-34-49(65(46-22-10-4-11-23-46,47-24-12-5-13-25-47)48-26-14-6-15-27-48)41-54(56)55-42-53(35-37-57(55)60)66(3,50-28-16-7-17-29-50,51-30-18-8-19-31-51)52-32-20-9-21-33-52/h4-42,66H,1-3H3. The van der Waals surface area contributed by atoms with Crippen molar-refractivity contribution in [3.05, 3.63) is 248 Å². The Labute approximate surface area is 387 Å². The Balaban J connectivity index is 1.38. The average molecular weight is 900 g/mol. The van der Waals surface area contributed by atoms with E-state index in [0.717, 1.165) is 21.8 Å². The van der Waals surface area contributed by atoms with Gasteiger partial charge in [0.25, 0.3) is 0 Å². The molecule has 0 aliphatic rings. The molecule has 9 aromatic carbocycles. The van der Waals surface area contributed by atoms with Crippen molar-refractivity contribution in [1.82, 2.24) is 4.57 Å². The van der Waals surface area contributed by atoms with Gasteiger partial charge >= 0.3 is 11.9 Å². The fourth-order valence-corrected chi connectivity index (χ4v) is 19.3. The van der Waals surface area contributed by atoms with Crippen molar-refractivity contribution in [3.8, 4) is 5.69 Å². The predicted molar refractivity (Wildman–Crippen MR) is 271 cm³/mol. The molecule has 1 heterocycles. The van der Waals surface area contributed by atoms with E-state index in [4.69, 9.17) is 9.47 Å². The average Bonchev–Trinajstić information content (AvgIpc) is 3.73. The van der Waals surface area contributed by atoms with Gasteiger partial charge in [-0.15, -0.1) is 10.0 Å². The second-order valence-electron chi connectivity index (χ2n) is 16.6. The van der Waals surface area contributed by atoms with Gasteiger partial charge in [0.1, 0.15) is 0 Å². The van der Waals surface area contributed by atoms with Gasteiger partial charge in [-0.1, -0.05) is 146 Å². The van der Waals surface area contributed by atoms with Gasteiger partial charge in [-0.05, 0) is 117 Å². The van der Waals surface area contributed by atoms with E-state index in [1.54, 1.807) is 12.1 Å². The Morgan fingerprint density at radius 1 is 0.394 bits per heavy atom. The summed E-state index contributed by atoms with van der Waals surface area (Å²) in [5, 5.41) is 2.07. The highest BCUT2D eigenvalue weighted by Crippen LogP contribution is 2.88. The van der Waals surface area contributed by atoms with Crippen LogP contribution in [0.2, 0.25) is 0 Å². The minimum Gasteiger partial charge on any atom is -0.465 e. The van der Waals surface area contributed by atoms with E-state index < -0.39 is 31.1 Å². The van der Waals surface area contributed by atoms with Gasteiger partial charge in [-0.25, -0.2) is 18.8 Å². The lowest BCUT2D eigenvalue weighted by Gasteiger charge is -2.60. The summed E-state index contributed by atoms with van der Waals surface area (Å²) in [6.07, 6.45) is 2.48. The lowest BCUT2D eigenvalue weighted by atomic mass is 10.1. The number of esters is 2. The van der Waals surface area contributed by atoms with Crippen LogP contribution >= 0.6 is 19.2 Å². The van der Waals surface area contributed by atoms with Crippen LogP contribution in [0.5, 0.6) is 0 Å². The van der Waals surface area contributed by atoms with Crippen LogP contribution in [0.4, 0.5) is 0 Å². The van der Waals surface area contributed by atoms with Gasteiger partial charge in [-0.2, -0.15) is 0 Å². The van der Waals surface area contributed by atoms with E-state index in [0.29, 0.717) is 5.69 Å². The van der Waals surface area contributed by atoms with Gasteiger partial charge in [0, 0.05) is 36.0 Å². The van der Waals surface area contributed by atoms with Crippen LogP contribution in [-0.2, 0) is 9.47 Å². The molecule has 5 nitrogen and oxygen atoms in total. The molecule has 0 amide bonds. The molecule has 0 unspecified atom stereocenters. The fraction of sp³-hybridized carbons (Fsp3) is 0.0508. The third-order valence-electron chi connectivity index (χ3n) is 13.2. The number of benzene rings is 9. The molecule has 0 aliphatic heterocycles. The van der Waals surface area contributed by atoms with Crippen molar-refractivity contribution in [2.45, 2.75) is 39.2 Å². The second-order valence-corrected chi connectivity index (χ2v) is 24.9. The predicted octanol–water partition coefficient (Wildman–Crippen LogP) is 14.9. The second kappa shape index (κ2) is 17.1. The van der Waals surface area contributed by atoms with E-state index >= 15 is 0 Å². The molecule has 0 saturated carbocycles. The first-order valence-corrected chi connectivity index (χ1v) is 26.2. The minimum absolute atomic E-state index is 0.245. The van der Waals surface area contributed by atoms with Crippen molar-refractivity contribution in [3.63, 3.8) is 0 Å². The van der Waals surface area contributed by atoms with Gasteiger partial charge in [0.15, 0.2) is 0 Å². The first-order chi connectivity index (χ1) is 32.3. The molecule has 1 aromatic heterocycles. The van der Waals surface area contributed by atoms with Crippen molar-refractivity contribution in [2.75, 3.05) is 20.5 Å². The fourth-order valence-electron chi connectivity index (χ4n) is 10.0. The first kappa shape index (κ1) is 42.4. The summed E-state index contributed by atoms with van der Waals surface area (Å²) in [6.45, 7) is 0. The minimum atomic E-state index is -3.51. The number of hydrogen-bond donors (Lipinski definition) is 1. The summed E-state index contributed by atoms with van der Waals surface area (Å²) in [5.74, 6) is -1.10. The summed E-state index contributed by atoms with van der Waals surface area (Å²) in [6, 6.07) is 84.4. The highest BCUT2D eigenvalue weighted by atomic mass is 32.3. The Morgan fingerprint density at radius 3 is 1.15 bits per heavy atom. The van der Waals surface area contributed by atoms with Crippen LogP contribution in [-0.4, -0.2) is 37.0 Å². The molecular formula is C59H49NO4S2. The number of nitrogens with zero attached hydrogens (tertiary/aromatic N) is 1. The van der Waals surface area contributed by atoms with Crippen molar-refractivity contribution < 1.29 is 19.1 Å². The Kier molecular flexibility index (Phi) is 11.0. The molecule has 66 heavy (non-hydrogen) atoms. The van der Waals surface area contributed by atoms with E-state index in [1.807, 2.05) is 0 Å². The number of carbonyl (C=O) groups excluding carboxylic acids is 2. The van der Waals surface area contributed by atoms with E-state index in [-0.39, 0.29) is 11.1 Å². The molecule has 0 radical (unpaired) electrons. The summed E-state index contributed by atoms with van der Waals surface area (Å²) >= 11 is 0. The molecule has 0 fully saturated rings. The number of rotatable bonds is 11. The molecule has 0 bridgehead atoms. The number of aromatic nitrogens is 1. The van der Waals surface area contributed by atoms with E-state index in [2.05, 4.69) is 229 Å². The normalized spacial score (nSPS) is 12.6. The molecule has 7 heteroatoms. The molecule has 10 rings (SSSR count). The lowest BCUT2D eigenvalue weighted by Crippen LogP contribution is -2.19. The summed E-state index contributed by atoms with van der Waals surface area (Å²) in [5.41, 5.74) is 2.96. The van der Waals surface area contributed by atoms with Crippen molar-refractivity contribution in [2.24, 2.45) is 0 Å². The van der Waals surface area contributed by atoms with Gasteiger partial charge in [0.05, 0.1) is 36.4 Å². The van der Waals surface area contributed by atoms with Crippen LogP contribution in [0.1, 0.15) is 20.7 Å². The molecule has 0 saturated heterocycles. The molecular weight excluding hydrogens is 851 g/mol. The van der Waals surface area contributed by atoms with Crippen LogP contribution in [0.3, 0.4) is 0 Å². The monoisotopic (exact) mass is 899 g/mol. The highest BCUT2D eigenvalue weighted by molar-refractivity contribution is 8.49. The number of thiol groups is 1. The Hall–Kier alpha value is -7.58. The third-order valence-corrected chi connectivity index (χ3v) is 23.5. The van der Waals surface area contributed by atoms with Crippen LogP contribution in [0, 0.1) is 0 Å². The number of hydrogen-bond acceptors (Lipinski definition) is 4. The quantitative estimate of drug-likeness (QED) is 0.104. The van der Waals surface area contributed by atoms with Crippen molar-refractivity contribution in [1.29, 1.82) is 0 Å². The number of ether oxygens (including phenoxy) is 2. The van der Waals surface area contributed by atoms with E-state index in [1.165, 1.54) is 59.4 Å². The summed E-state index contributed by atoms with van der Waals surface area (Å²) in [4.78, 5) is 36.4. The molecule has 0 atom stereocenters. The molecule has 10 aromatic rings. The number of fused-ring (bicyclic) bond motifs is 3. The zero-order valence-corrected chi connectivity index (χ0v) is 38.7. The molecule has 0 spiro atoms. The van der Waals surface area contributed by atoms with Crippen molar-refractivity contribution >= 4 is 52.9 Å². The molecule has 0 aliphatic carbocycles. The smallest absolute Gasteiger partial charge is 0.337 e. The van der Waals surface area contributed by atoms with Gasteiger partial charge in [-0.3, -0.25) is 0 Å².